The van der Waals surface area contributed by atoms with Gasteiger partial charge >= 0.3 is 0 Å². The molecule has 0 aromatic heterocycles. The minimum atomic E-state index is -2.67. The first-order valence-electron chi connectivity index (χ1n) is 13.1. The molecule has 2 aromatic rings. The molecule has 40 heavy (non-hydrogen) atoms. The van der Waals surface area contributed by atoms with E-state index in [1.54, 1.807) is 20.2 Å². The van der Waals surface area contributed by atoms with Crippen molar-refractivity contribution in [3.05, 3.63) is 70.0 Å². The van der Waals surface area contributed by atoms with Gasteiger partial charge in [0.25, 0.3) is 5.91 Å². The van der Waals surface area contributed by atoms with Gasteiger partial charge < -0.3 is 31.3 Å². The minimum Gasteiger partial charge on any atom is -0.508 e. The molecule has 4 atom stereocenters. The number of Topliss-reactive ketones (excluding diaryl/α,β-unsaturated/α-hetero) is 2. The predicted octanol–water partition coefficient (Wildman–Crippen LogP) is 1.56. The fourth-order valence-electron chi connectivity index (χ4n) is 6.69. The third-order valence-electron chi connectivity index (χ3n) is 8.47. The van der Waals surface area contributed by atoms with Gasteiger partial charge in [-0.1, -0.05) is 30.3 Å². The van der Waals surface area contributed by atoms with Crippen LogP contribution in [-0.2, 0) is 27.2 Å². The first-order chi connectivity index (χ1) is 18.9. The number of ketones is 2. The molecule has 0 radical (unpaired) electrons. The van der Waals surface area contributed by atoms with Crippen molar-refractivity contribution in [2.45, 2.75) is 37.3 Å². The van der Waals surface area contributed by atoms with Crippen LogP contribution in [0, 0.1) is 11.8 Å². The summed E-state index contributed by atoms with van der Waals surface area (Å²) in [5, 5.41) is 54.1. The topological polar surface area (TPSA) is 182 Å². The number of benzene rings is 2. The molecule has 0 bridgehead atoms. The summed E-state index contributed by atoms with van der Waals surface area (Å²) in [7, 11) is 3.13. The Labute approximate surface area is 230 Å². The molecule has 2 aromatic carbocycles. The number of hydrogen-bond donors (Lipinski definition) is 6. The van der Waals surface area contributed by atoms with Crippen molar-refractivity contribution in [2.24, 2.45) is 17.6 Å². The number of rotatable bonds is 6. The summed E-state index contributed by atoms with van der Waals surface area (Å²) < 4.78 is 0. The Morgan fingerprint density at radius 1 is 1.12 bits per heavy atom. The number of nitrogens with zero attached hydrogens (tertiary/aromatic N) is 1. The average Bonchev–Trinajstić information content (AvgIpc) is 2.89. The second-order valence-corrected chi connectivity index (χ2v) is 11.0. The number of amides is 1. The molecule has 5 rings (SSSR count). The van der Waals surface area contributed by atoms with Crippen molar-refractivity contribution in [2.75, 3.05) is 20.7 Å². The summed E-state index contributed by atoms with van der Waals surface area (Å²) in [5.41, 5.74) is 4.89. The van der Waals surface area contributed by atoms with Crippen molar-refractivity contribution in [3.8, 4) is 16.9 Å². The smallest absolute Gasteiger partial charge is 0.255 e. The Balaban J connectivity index is 1.69. The lowest BCUT2D eigenvalue weighted by atomic mass is 9.57. The van der Waals surface area contributed by atoms with Gasteiger partial charge in [0.1, 0.15) is 22.8 Å². The lowest BCUT2D eigenvalue weighted by Gasteiger charge is -2.50. The molecule has 1 fully saturated rings. The number of fused-ring (bicyclic) bond motifs is 3. The number of aromatic hydroxyl groups is 1. The molecular weight excluding hydrogens is 516 g/mol. The number of likely N-dealkylation sites (N-methyl/N-ethyl adjacent to an activating group) is 1. The summed E-state index contributed by atoms with van der Waals surface area (Å²) >= 11 is 0. The number of phenolic OH excluding ortho intramolecular Hbond substituents is 1. The highest BCUT2D eigenvalue weighted by atomic mass is 16.3. The quantitative estimate of drug-likeness (QED) is 0.292. The SMILES string of the molecule is CN(C)[C@@H]1C(=O)C(C(N)=O)=C(O)[C@@]2(O)C(=O)C3=C(O)c4c(O)ccc(-c5cccc(CCCO)c5)c4CC3C[C@@H]12. The van der Waals surface area contributed by atoms with Gasteiger partial charge in [-0.05, 0) is 74.0 Å². The largest absolute Gasteiger partial charge is 0.508 e. The van der Waals surface area contributed by atoms with Crippen LogP contribution >= 0.6 is 0 Å². The van der Waals surface area contributed by atoms with Gasteiger partial charge in [-0.3, -0.25) is 19.3 Å². The second kappa shape index (κ2) is 9.88. The number of nitrogens with two attached hydrogens (primary N) is 1. The van der Waals surface area contributed by atoms with Crippen LogP contribution in [0.5, 0.6) is 5.75 Å². The highest BCUT2D eigenvalue weighted by Crippen LogP contribution is 2.53. The van der Waals surface area contributed by atoms with Crippen LogP contribution in [0.1, 0.15) is 29.5 Å². The molecule has 0 saturated heterocycles. The maximum atomic E-state index is 14.0. The highest BCUT2D eigenvalue weighted by Gasteiger charge is 2.64. The molecule has 3 aliphatic rings. The molecule has 10 nitrogen and oxygen atoms in total. The van der Waals surface area contributed by atoms with Crippen molar-refractivity contribution in [1.29, 1.82) is 0 Å². The Morgan fingerprint density at radius 2 is 1.85 bits per heavy atom. The fraction of sp³-hybridized carbons (Fsp3) is 0.367. The number of phenols is 1. The van der Waals surface area contributed by atoms with Gasteiger partial charge in [0, 0.05) is 18.1 Å². The highest BCUT2D eigenvalue weighted by molar-refractivity contribution is 6.24. The maximum absolute atomic E-state index is 14.0. The standard InChI is InChI=1S/C30H32N2O8/c1-32(2)24-19-13-16-12-18-17(15-7-3-5-14(11-15)6-4-10-33)8-9-20(34)22(18)25(35)21(16)27(37)30(19,40)28(38)23(26(24)36)29(31)39/h3,5,7-9,11,16,19,24,33-35,38,40H,4,6,10,12-13H2,1-2H3,(H2,31,39)/t16?,19-,24-,30-/m0/s1. The predicted molar refractivity (Wildman–Crippen MR) is 145 cm³/mol. The Morgan fingerprint density at radius 3 is 2.50 bits per heavy atom. The van der Waals surface area contributed by atoms with Gasteiger partial charge in [-0.25, -0.2) is 0 Å². The van der Waals surface area contributed by atoms with Gasteiger partial charge in [0.05, 0.1) is 11.6 Å². The van der Waals surface area contributed by atoms with E-state index in [2.05, 4.69) is 0 Å². The van der Waals surface area contributed by atoms with E-state index in [0.717, 1.165) is 16.7 Å². The average molecular weight is 549 g/mol. The third-order valence-corrected chi connectivity index (χ3v) is 8.47. The minimum absolute atomic E-state index is 0.0252. The van der Waals surface area contributed by atoms with Crippen molar-refractivity contribution in [1.82, 2.24) is 4.90 Å². The zero-order valence-electron chi connectivity index (χ0n) is 22.2. The lowest BCUT2D eigenvalue weighted by Crippen LogP contribution is -2.65. The Hall–Kier alpha value is -3.99. The molecule has 1 unspecified atom stereocenters. The van der Waals surface area contributed by atoms with Crippen LogP contribution in [0.2, 0.25) is 0 Å². The number of aryl methyl sites for hydroxylation is 1. The first-order valence-corrected chi connectivity index (χ1v) is 13.1. The van der Waals surface area contributed by atoms with E-state index in [-0.39, 0.29) is 36.3 Å². The van der Waals surface area contributed by atoms with Gasteiger partial charge in [-0.2, -0.15) is 0 Å². The van der Waals surface area contributed by atoms with Crippen LogP contribution in [-0.4, -0.2) is 80.3 Å². The summed E-state index contributed by atoms with van der Waals surface area (Å²) in [6.07, 6.45) is 1.50. The monoisotopic (exact) mass is 548 g/mol. The number of aliphatic hydroxyl groups is 4. The van der Waals surface area contributed by atoms with Gasteiger partial charge in [-0.15, -0.1) is 0 Å². The van der Waals surface area contributed by atoms with Crippen LogP contribution in [0.15, 0.2) is 53.3 Å². The fourth-order valence-corrected chi connectivity index (χ4v) is 6.69. The van der Waals surface area contributed by atoms with Gasteiger partial charge in [0.15, 0.2) is 11.4 Å². The molecule has 10 heteroatoms. The number of carbonyl (C=O) groups excluding carboxylic acids is 3. The van der Waals surface area contributed by atoms with Gasteiger partial charge in [0.2, 0.25) is 5.78 Å². The van der Waals surface area contributed by atoms with E-state index in [4.69, 9.17) is 5.73 Å². The summed E-state index contributed by atoms with van der Waals surface area (Å²) in [6.45, 7) is 0.0611. The zero-order valence-corrected chi connectivity index (χ0v) is 22.2. The van der Waals surface area contributed by atoms with Crippen molar-refractivity contribution in [3.63, 3.8) is 0 Å². The normalized spacial score (nSPS) is 26.1. The molecule has 210 valence electrons. The first kappa shape index (κ1) is 27.6. The van der Waals surface area contributed by atoms with E-state index in [9.17, 15) is 39.9 Å². The van der Waals surface area contributed by atoms with E-state index < -0.39 is 58.0 Å². The molecule has 0 spiro atoms. The van der Waals surface area contributed by atoms with E-state index >= 15 is 0 Å². The molecule has 0 aliphatic heterocycles. The molecule has 0 heterocycles. The van der Waals surface area contributed by atoms with Crippen LogP contribution in [0.4, 0.5) is 0 Å². The van der Waals surface area contributed by atoms with E-state index in [0.29, 0.717) is 18.4 Å². The van der Waals surface area contributed by atoms with E-state index in [1.165, 1.54) is 11.0 Å². The van der Waals surface area contributed by atoms with Crippen LogP contribution in [0.25, 0.3) is 16.9 Å². The van der Waals surface area contributed by atoms with Crippen molar-refractivity contribution < 1.29 is 39.9 Å². The number of carbonyl (C=O) groups is 3. The zero-order chi connectivity index (χ0) is 29.1. The second-order valence-electron chi connectivity index (χ2n) is 11.0. The number of aliphatic hydroxyl groups excluding tert-OH is 3. The van der Waals surface area contributed by atoms with E-state index in [1.807, 2.05) is 24.3 Å². The number of hydrogen-bond acceptors (Lipinski definition) is 9. The molecule has 1 amide bonds. The number of primary amides is 1. The summed E-state index contributed by atoms with van der Waals surface area (Å²) in [6, 6.07) is 9.72. The molecule has 7 N–H and O–H groups in total. The molecular formula is C30H32N2O8. The Bertz CT molecular complexity index is 1510. The summed E-state index contributed by atoms with van der Waals surface area (Å²) in [5.74, 6) is -6.77. The lowest BCUT2D eigenvalue weighted by molar-refractivity contribution is -0.153. The maximum Gasteiger partial charge on any atom is 0.255 e. The van der Waals surface area contributed by atoms with Crippen molar-refractivity contribution >= 4 is 23.2 Å². The van der Waals surface area contributed by atoms with Crippen LogP contribution in [0.3, 0.4) is 0 Å². The molecule has 1 saturated carbocycles. The van der Waals surface area contributed by atoms with Crippen LogP contribution < -0.4 is 5.73 Å². The third kappa shape index (κ3) is 3.94. The summed E-state index contributed by atoms with van der Waals surface area (Å²) in [4.78, 5) is 40.8. The molecule has 3 aliphatic carbocycles. The Kier molecular flexibility index (Phi) is 6.81.